The summed E-state index contributed by atoms with van der Waals surface area (Å²) in [5.41, 5.74) is 4.02. The molecule has 5 amide bonds. The average Bonchev–Trinajstić information content (AvgIpc) is 3.25. The van der Waals surface area contributed by atoms with E-state index in [1.165, 1.54) is 72.8 Å². The van der Waals surface area contributed by atoms with E-state index < -0.39 is 88.6 Å². The first-order valence-electron chi connectivity index (χ1n) is 20.8. The number of phenolic OH excluding ortho intramolecular Hbond substituents is 3. The minimum atomic E-state index is -1.46. The zero-order valence-electron chi connectivity index (χ0n) is 36.3. The third kappa shape index (κ3) is 15.9. The van der Waals surface area contributed by atoms with E-state index >= 15 is 0 Å². The smallest absolute Gasteiger partial charge is 0.326 e. The van der Waals surface area contributed by atoms with Crippen molar-refractivity contribution in [2.24, 2.45) is 11.8 Å². The quantitative estimate of drug-likeness (QED) is 0.0377. The number of carboxylic acids is 1. The van der Waals surface area contributed by atoms with Gasteiger partial charge >= 0.3 is 5.97 Å². The fourth-order valence-corrected chi connectivity index (χ4v) is 6.77. The number of nitro groups is 1. The van der Waals surface area contributed by atoms with Gasteiger partial charge in [-0.1, -0.05) is 94.4 Å². The molecule has 65 heavy (non-hydrogen) atoms. The Bertz CT molecular complexity index is 2260. The van der Waals surface area contributed by atoms with Crippen molar-refractivity contribution in [2.75, 3.05) is 0 Å². The first-order chi connectivity index (χ1) is 30.8. The molecule has 0 heterocycles. The second-order valence-electron chi connectivity index (χ2n) is 16.2. The first kappa shape index (κ1) is 50.0. The highest BCUT2D eigenvalue weighted by Crippen LogP contribution is 2.17. The Kier molecular flexibility index (Phi) is 18.2. The molecule has 0 aliphatic carbocycles. The number of amides is 5. The van der Waals surface area contributed by atoms with Crippen molar-refractivity contribution in [2.45, 2.75) is 89.6 Å². The number of nitrogens with one attached hydrogen (secondary N) is 6. The molecule has 346 valence electrons. The van der Waals surface area contributed by atoms with E-state index in [-0.39, 0.29) is 42.9 Å². The number of benzene rings is 4. The van der Waals surface area contributed by atoms with Crippen molar-refractivity contribution in [3.63, 3.8) is 0 Å². The SMILES string of the molecule is CC(C)[C@H](NC(=O)[C@H](Cc1ccc(O)cc1)NC(=O)[C@H](Cc1ccc(O)cc1)NC(=O)[C@@H](NC(=O)[C@H](Cc1ccc(O)cc1)N[N+](=O)[O-])C(C)C)C(=O)N[C@@H](Cc1ccccc1)C(=O)O. The molecule has 4 aromatic carbocycles. The third-order valence-corrected chi connectivity index (χ3v) is 10.4. The van der Waals surface area contributed by atoms with Gasteiger partial charge in [-0.25, -0.2) is 14.9 Å². The second kappa shape index (κ2) is 23.7. The second-order valence-corrected chi connectivity index (χ2v) is 16.2. The molecular formula is C46H55N7O12. The van der Waals surface area contributed by atoms with Crippen LogP contribution in [0.4, 0.5) is 0 Å². The summed E-state index contributed by atoms with van der Waals surface area (Å²) in [5, 5.41) is 63.1. The Hall–Kier alpha value is -7.70. The molecule has 0 saturated carbocycles. The van der Waals surface area contributed by atoms with E-state index in [0.29, 0.717) is 22.3 Å². The molecular weight excluding hydrogens is 843 g/mol. The van der Waals surface area contributed by atoms with Crippen LogP contribution in [0.5, 0.6) is 17.2 Å². The molecule has 10 N–H and O–H groups in total. The Morgan fingerprint density at radius 1 is 0.462 bits per heavy atom. The fraction of sp³-hybridized carbons (Fsp3) is 0.348. The van der Waals surface area contributed by atoms with Crippen LogP contribution in [0.3, 0.4) is 0 Å². The predicted octanol–water partition coefficient (Wildman–Crippen LogP) is 2.04. The van der Waals surface area contributed by atoms with Crippen molar-refractivity contribution < 1.29 is 54.2 Å². The van der Waals surface area contributed by atoms with Crippen LogP contribution >= 0.6 is 0 Å². The topological polar surface area (TPSA) is 299 Å². The van der Waals surface area contributed by atoms with E-state index in [1.54, 1.807) is 58.0 Å². The van der Waals surface area contributed by atoms with Crippen LogP contribution in [0.15, 0.2) is 103 Å². The Morgan fingerprint density at radius 3 is 1.14 bits per heavy atom. The molecule has 0 aromatic heterocycles. The van der Waals surface area contributed by atoms with Gasteiger partial charge in [0.15, 0.2) is 11.1 Å². The van der Waals surface area contributed by atoms with E-state index in [2.05, 4.69) is 26.6 Å². The molecule has 0 aliphatic heterocycles. The fourth-order valence-electron chi connectivity index (χ4n) is 6.77. The van der Waals surface area contributed by atoms with Crippen LogP contribution in [-0.4, -0.2) is 97.2 Å². The monoisotopic (exact) mass is 897 g/mol. The third-order valence-electron chi connectivity index (χ3n) is 10.4. The van der Waals surface area contributed by atoms with Crippen molar-refractivity contribution >= 4 is 35.5 Å². The average molecular weight is 898 g/mol. The Morgan fingerprint density at radius 2 is 0.769 bits per heavy atom. The molecule has 0 aliphatic rings. The summed E-state index contributed by atoms with van der Waals surface area (Å²) in [6.07, 6.45) is -0.590. The lowest BCUT2D eigenvalue weighted by atomic mass is 9.98. The van der Waals surface area contributed by atoms with Gasteiger partial charge in [0.2, 0.25) is 29.5 Å². The number of carbonyl (C=O) groups is 6. The zero-order chi connectivity index (χ0) is 47.8. The summed E-state index contributed by atoms with van der Waals surface area (Å²) in [6, 6.07) is 17.6. The molecule has 0 spiro atoms. The van der Waals surface area contributed by atoms with Crippen molar-refractivity contribution in [1.29, 1.82) is 0 Å². The van der Waals surface area contributed by atoms with Gasteiger partial charge in [0, 0.05) is 25.7 Å². The first-order valence-corrected chi connectivity index (χ1v) is 20.8. The summed E-state index contributed by atoms with van der Waals surface area (Å²) in [5.74, 6) is -6.94. The molecule has 4 aromatic rings. The van der Waals surface area contributed by atoms with Gasteiger partial charge in [-0.2, -0.15) is 0 Å². The van der Waals surface area contributed by atoms with Crippen LogP contribution in [0, 0.1) is 22.0 Å². The molecule has 0 fully saturated rings. The maximum absolute atomic E-state index is 14.4. The summed E-state index contributed by atoms with van der Waals surface area (Å²) in [6.45, 7) is 6.49. The number of hydrazine groups is 1. The summed E-state index contributed by atoms with van der Waals surface area (Å²) in [7, 11) is 0. The van der Waals surface area contributed by atoms with Crippen LogP contribution in [0.25, 0.3) is 0 Å². The summed E-state index contributed by atoms with van der Waals surface area (Å²) >= 11 is 0. The van der Waals surface area contributed by atoms with Crippen LogP contribution in [-0.2, 0) is 54.5 Å². The van der Waals surface area contributed by atoms with Gasteiger partial charge < -0.3 is 47.0 Å². The summed E-state index contributed by atoms with van der Waals surface area (Å²) in [4.78, 5) is 93.7. The van der Waals surface area contributed by atoms with Gasteiger partial charge in [0.25, 0.3) is 0 Å². The van der Waals surface area contributed by atoms with Gasteiger partial charge in [-0.15, -0.1) is 5.43 Å². The molecule has 19 nitrogen and oxygen atoms in total. The number of hydrogen-bond acceptors (Lipinski definition) is 11. The minimum Gasteiger partial charge on any atom is -0.508 e. The predicted molar refractivity (Wildman–Crippen MR) is 236 cm³/mol. The van der Waals surface area contributed by atoms with E-state index in [9.17, 15) is 59.3 Å². The van der Waals surface area contributed by atoms with E-state index in [4.69, 9.17) is 0 Å². The van der Waals surface area contributed by atoms with Crippen molar-refractivity contribution in [3.05, 3.63) is 135 Å². The lowest BCUT2D eigenvalue weighted by molar-refractivity contribution is -0.548. The number of hydrogen-bond donors (Lipinski definition) is 10. The number of phenols is 3. The molecule has 4 rings (SSSR count). The molecule has 0 radical (unpaired) electrons. The highest BCUT2D eigenvalue weighted by molar-refractivity contribution is 5.96. The highest BCUT2D eigenvalue weighted by atomic mass is 16.7. The lowest BCUT2D eigenvalue weighted by Gasteiger charge is -2.29. The number of aliphatic carboxylic acids is 1. The van der Waals surface area contributed by atoms with Gasteiger partial charge in [-0.05, 0) is 70.5 Å². The minimum absolute atomic E-state index is 0.0359. The zero-order valence-corrected chi connectivity index (χ0v) is 36.3. The van der Waals surface area contributed by atoms with Crippen LogP contribution < -0.4 is 32.0 Å². The number of aromatic hydroxyl groups is 3. The molecule has 0 unspecified atom stereocenters. The lowest BCUT2D eigenvalue weighted by Crippen LogP contribution is -2.61. The molecule has 0 bridgehead atoms. The molecule has 0 saturated heterocycles. The number of carboxylic acid groups (broad SMARTS) is 1. The normalized spacial score (nSPS) is 13.8. The number of carbonyl (C=O) groups excluding carboxylic acids is 5. The standard InChI is InChI=1S/C46H55N7O12/c1-26(2)39(51-43(59)37(52-53(64)65)24-31-14-20-34(56)21-15-31)44(60)48-35(22-29-10-16-32(54)17-11-29)41(57)47-36(23-30-12-18-33(55)19-13-30)42(58)50-40(27(3)4)45(61)49-38(46(62)63)25-28-8-6-5-7-9-28/h5-21,26-27,35-40,52,54-56H,22-25H2,1-4H3,(H,47,57)(H,48,60)(H,49,61)(H,50,58)(H,51,59)(H,62,63)/t35-,36-,37-,38-,39-,40-/m0/s1. The maximum atomic E-state index is 14.4. The van der Waals surface area contributed by atoms with Gasteiger partial charge in [-0.3, -0.25) is 24.0 Å². The van der Waals surface area contributed by atoms with Gasteiger partial charge in [0.1, 0.15) is 47.5 Å². The van der Waals surface area contributed by atoms with Crippen molar-refractivity contribution in [1.82, 2.24) is 32.0 Å². The molecule has 19 heteroatoms. The van der Waals surface area contributed by atoms with Gasteiger partial charge in [0.05, 0.1) is 0 Å². The molecule has 6 atom stereocenters. The maximum Gasteiger partial charge on any atom is 0.326 e. The Balaban J connectivity index is 1.61. The highest BCUT2D eigenvalue weighted by Gasteiger charge is 2.35. The van der Waals surface area contributed by atoms with Crippen molar-refractivity contribution in [3.8, 4) is 17.2 Å². The largest absolute Gasteiger partial charge is 0.508 e. The van der Waals surface area contributed by atoms with Crippen LogP contribution in [0.2, 0.25) is 0 Å². The van der Waals surface area contributed by atoms with Crippen LogP contribution in [0.1, 0.15) is 49.9 Å². The Labute approximate surface area is 375 Å². The number of nitrogens with zero attached hydrogens (tertiary/aromatic N) is 1. The number of rotatable bonds is 23. The summed E-state index contributed by atoms with van der Waals surface area (Å²) < 4.78 is 0. The van der Waals surface area contributed by atoms with E-state index in [0.717, 1.165) is 0 Å². The van der Waals surface area contributed by atoms with E-state index in [1.807, 2.05) is 5.43 Å².